The van der Waals surface area contributed by atoms with Crippen LogP contribution in [0.4, 0.5) is 5.69 Å². The Morgan fingerprint density at radius 2 is 1.71 bits per heavy atom. The van der Waals surface area contributed by atoms with Crippen LogP contribution in [0.15, 0.2) is 24.3 Å². The van der Waals surface area contributed by atoms with Crippen LogP contribution in [0.1, 0.15) is 59.1 Å². The fourth-order valence-corrected chi connectivity index (χ4v) is 2.67. The first-order valence-electron chi connectivity index (χ1n) is 7.78. The first-order chi connectivity index (χ1) is 9.71. The quantitative estimate of drug-likeness (QED) is 0.817. The molecular weight excluding hydrogens is 260 g/mol. The number of anilines is 1. The first-order valence-corrected chi connectivity index (χ1v) is 7.78. The van der Waals surface area contributed by atoms with E-state index in [4.69, 9.17) is 0 Å². The maximum Gasteiger partial charge on any atom is 0.224 e. The van der Waals surface area contributed by atoms with Gasteiger partial charge in [0.2, 0.25) is 5.91 Å². The average Bonchev–Trinajstić information content (AvgIpc) is 2.36. The normalized spacial score (nSPS) is 14.6. The van der Waals surface area contributed by atoms with Crippen molar-refractivity contribution in [1.29, 1.82) is 0 Å². The van der Waals surface area contributed by atoms with Gasteiger partial charge in [0.25, 0.3) is 0 Å². The summed E-state index contributed by atoms with van der Waals surface area (Å²) in [7, 11) is 1.94. The van der Waals surface area contributed by atoms with Crippen LogP contribution < -0.4 is 10.6 Å². The second-order valence-electron chi connectivity index (χ2n) is 7.25. The van der Waals surface area contributed by atoms with Crippen LogP contribution in [0, 0.1) is 11.3 Å². The van der Waals surface area contributed by atoms with Gasteiger partial charge in [-0.15, -0.1) is 0 Å². The summed E-state index contributed by atoms with van der Waals surface area (Å²) in [6.07, 6.45) is 1.63. The van der Waals surface area contributed by atoms with Crippen molar-refractivity contribution in [2.75, 3.05) is 12.4 Å². The number of hydrogen-bond acceptors (Lipinski definition) is 2. The number of carbonyl (C=O) groups excluding carboxylic acids is 1. The highest BCUT2D eigenvalue weighted by Gasteiger charge is 2.17. The van der Waals surface area contributed by atoms with Gasteiger partial charge in [-0.2, -0.15) is 0 Å². The lowest BCUT2D eigenvalue weighted by molar-refractivity contribution is -0.117. The molecule has 0 aliphatic rings. The molecule has 0 aliphatic heterocycles. The molecule has 1 rings (SSSR count). The van der Waals surface area contributed by atoms with Crippen LogP contribution in [0.3, 0.4) is 0 Å². The maximum atomic E-state index is 12.1. The molecule has 0 aromatic heterocycles. The summed E-state index contributed by atoms with van der Waals surface area (Å²) >= 11 is 0. The van der Waals surface area contributed by atoms with Crippen molar-refractivity contribution in [3.8, 4) is 0 Å². The summed E-state index contributed by atoms with van der Waals surface area (Å²) in [6, 6.07) is 8.36. The monoisotopic (exact) mass is 290 g/mol. The number of rotatable bonds is 6. The number of nitrogens with one attached hydrogen (secondary N) is 2. The molecule has 0 heterocycles. The SMILES string of the molecule is CNC(C)c1ccc(NC(=O)CC(C)CC(C)(C)C)cc1. The Bertz CT molecular complexity index is 445. The Morgan fingerprint density at radius 1 is 1.14 bits per heavy atom. The van der Waals surface area contributed by atoms with E-state index < -0.39 is 0 Å². The van der Waals surface area contributed by atoms with E-state index in [1.54, 1.807) is 0 Å². The zero-order valence-corrected chi connectivity index (χ0v) is 14.3. The van der Waals surface area contributed by atoms with Crippen LogP contribution >= 0.6 is 0 Å². The molecule has 3 nitrogen and oxygen atoms in total. The van der Waals surface area contributed by atoms with Gasteiger partial charge in [0, 0.05) is 18.2 Å². The van der Waals surface area contributed by atoms with E-state index in [9.17, 15) is 4.79 Å². The molecular formula is C18H30N2O. The summed E-state index contributed by atoms with van der Waals surface area (Å²) in [4.78, 5) is 12.1. The molecule has 21 heavy (non-hydrogen) atoms. The third-order valence-corrected chi connectivity index (χ3v) is 3.62. The number of amides is 1. The minimum Gasteiger partial charge on any atom is -0.326 e. The molecule has 3 heteroatoms. The molecule has 118 valence electrons. The van der Waals surface area contributed by atoms with Crippen LogP contribution in [0.2, 0.25) is 0 Å². The Morgan fingerprint density at radius 3 is 2.19 bits per heavy atom. The average molecular weight is 290 g/mol. The topological polar surface area (TPSA) is 41.1 Å². The Balaban J connectivity index is 2.51. The Hall–Kier alpha value is -1.35. The molecule has 1 amide bonds. The van der Waals surface area contributed by atoms with Gasteiger partial charge in [0.1, 0.15) is 0 Å². The van der Waals surface area contributed by atoms with Gasteiger partial charge in [-0.05, 0) is 49.4 Å². The van der Waals surface area contributed by atoms with Gasteiger partial charge >= 0.3 is 0 Å². The molecule has 1 aromatic carbocycles. The van der Waals surface area contributed by atoms with Crippen molar-refractivity contribution in [3.05, 3.63) is 29.8 Å². The summed E-state index contributed by atoms with van der Waals surface area (Å²) in [5.41, 5.74) is 2.36. The van der Waals surface area contributed by atoms with Crippen molar-refractivity contribution >= 4 is 11.6 Å². The summed E-state index contributed by atoms with van der Waals surface area (Å²) in [6.45, 7) is 10.9. The summed E-state index contributed by atoms with van der Waals surface area (Å²) in [5, 5.41) is 6.19. The van der Waals surface area contributed by atoms with E-state index in [1.165, 1.54) is 5.56 Å². The lowest BCUT2D eigenvalue weighted by atomic mass is 9.84. The smallest absolute Gasteiger partial charge is 0.224 e. The third-order valence-electron chi connectivity index (χ3n) is 3.62. The summed E-state index contributed by atoms with van der Waals surface area (Å²) < 4.78 is 0. The number of hydrogen-bond donors (Lipinski definition) is 2. The number of carbonyl (C=O) groups is 1. The van der Waals surface area contributed by atoms with Crippen LogP contribution in [0.5, 0.6) is 0 Å². The van der Waals surface area contributed by atoms with Gasteiger partial charge in [-0.1, -0.05) is 39.8 Å². The van der Waals surface area contributed by atoms with Crippen LogP contribution in [0.25, 0.3) is 0 Å². The van der Waals surface area contributed by atoms with E-state index in [0.717, 1.165) is 12.1 Å². The molecule has 2 N–H and O–H groups in total. The van der Waals surface area contributed by atoms with Crippen molar-refractivity contribution < 1.29 is 4.79 Å². The van der Waals surface area contributed by atoms with E-state index in [2.05, 4.69) is 57.4 Å². The molecule has 2 atom stereocenters. The molecule has 2 unspecified atom stereocenters. The zero-order chi connectivity index (χ0) is 16.0. The standard InChI is InChI=1S/C18H30N2O/c1-13(12-18(3,4)5)11-17(21)20-16-9-7-15(8-10-16)14(2)19-6/h7-10,13-14,19H,11-12H2,1-6H3,(H,20,21). The highest BCUT2D eigenvalue weighted by Crippen LogP contribution is 2.26. The van der Waals surface area contributed by atoms with Crippen molar-refractivity contribution in [3.63, 3.8) is 0 Å². The van der Waals surface area contributed by atoms with E-state index >= 15 is 0 Å². The maximum absolute atomic E-state index is 12.1. The lowest BCUT2D eigenvalue weighted by Crippen LogP contribution is -2.19. The number of benzene rings is 1. The Kier molecular flexibility index (Phi) is 6.41. The molecule has 0 radical (unpaired) electrons. The minimum atomic E-state index is 0.0983. The second kappa shape index (κ2) is 7.60. The summed E-state index contributed by atoms with van der Waals surface area (Å²) in [5.74, 6) is 0.495. The van der Waals surface area contributed by atoms with E-state index in [-0.39, 0.29) is 11.3 Å². The van der Waals surface area contributed by atoms with Gasteiger partial charge in [0.15, 0.2) is 0 Å². The van der Waals surface area contributed by atoms with Crippen LogP contribution in [-0.4, -0.2) is 13.0 Å². The van der Waals surface area contributed by atoms with Gasteiger partial charge in [-0.3, -0.25) is 4.79 Å². The van der Waals surface area contributed by atoms with Gasteiger partial charge < -0.3 is 10.6 Å². The van der Waals surface area contributed by atoms with Crippen LogP contribution in [-0.2, 0) is 4.79 Å². The third kappa shape index (κ3) is 6.76. The van der Waals surface area contributed by atoms with Gasteiger partial charge in [-0.25, -0.2) is 0 Å². The van der Waals surface area contributed by atoms with Crippen molar-refractivity contribution in [1.82, 2.24) is 5.32 Å². The highest BCUT2D eigenvalue weighted by atomic mass is 16.1. The fraction of sp³-hybridized carbons (Fsp3) is 0.611. The first kappa shape index (κ1) is 17.7. The molecule has 0 bridgehead atoms. The van der Waals surface area contributed by atoms with Gasteiger partial charge in [0.05, 0.1) is 0 Å². The van der Waals surface area contributed by atoms with E-state index in [1.807, 2.05) is 19.2 Å². The molecule has 1 aromatic rings. The molecule has 0 saturated carbocycles. The highest BCUT2D eigenvalue weighted by molar-refractivity contribution is 5.90. The lowest BCUT2D eigenvalue weighted by Gasteiger charge is -2.22. The predicted octanol–water partition coefficient (Wildman–Crippen LogP) is 4.37. The fourth-order valence-electron chi connectivity index (χ4n) is 2.67. The second-order valence-corrected chi connectivity index (χ2v) is 7.25. The largest absolute Gasteiger partial charge is 0.326 e. The molecule has 0 spiro atoms. The van der Waals surface area contributed by atoms with Crippen molar-refractivity contribution in [2.24, 2.45) is 11.3 Å². The minimum absolute atomic E-state index is 0.0983. The zero-order valence-electron chi connectivity index (χ0n) is 14.3. The molecule has 0 fully saturated rings. The molecule has 0 saturated heterocycles. The predicted molar refractivity (Wildman–Crippen MR) is 90.4 cm³/mol. The van der Waals surface area contributed by atoms with E-state index in [0.29, 0.717) is 18.4 Å². The Labute approximate surface area is 129 Å². The molecule has 0 aliphatic carbocycles. The van der Waals surface area contributed by atoms with Crippen molar-refractivity contribution in [2.45, 2.75) is 53.5 Å².